The molecule has 0 bridgehead atoms. The predicted molar refractivity (Wildman–Crippen MR) is 51.6 cm³/mol. The molecule has 2 N–H and O–H groups in total. The maximum absolute atomic E-state index is 9.69. The van der Waals surface area contributed by atoms with Gasteiger partial charge in [-0.3, -0.25) is 0 Å². The number of aromatic hydroxyl groups is 1. The standard InChI is InChI=1S/C10H13NO2/c1-6-4-5-9(8(3)11-13)10(12)7(6)2/h4-5,12-13H,1-3H3/b11-8+. The fourth-order valence-corrected chi connectivity index (χ4v) is 1.15. The van der Waals surface area contributed by atoms with E-state index in [4.69, 9.17) is 5.21 Å². The number of benzene rings is 1. The number of hydrogen-bond donors (Lipinski definition) is 2. The Labute approximate surface area is 77.3 Å². The van der Waals surface area contributed by atoms with Crippen molar-refractivity contribution >= 4 is 5.71 Å². The highest BCUT2D eigenvalue weighted by Gasteiger charge is 2.08. The van der Waals surface area contributed by atoms with Crippen molar-refractivity contribution in [3.8, 4) is 5.75 Å². The van der Waals surface area contributed by atoms with Crippen LogP contribution in [0.25, 0.3) is 0 Å². The first-order valence-corrected chi connectivity index (χ1v) is 4.06. The van der Waals surface area contributed by atoms with E-state index in [-0.39, 0.29) is 5.75 Å². The van der Waals surface area contributed by atoms with Gasteiger partial charge in [-0.2, -0.15) is 0 Å². The van der Waals surface area contributed by atoms with E-state index in [0.717, 1.165) is 11.1 Å². The van der Waals surface area contributed by atoms with Gasteiger partial charge in [-0.25, -0.2) is 0 Å². The van der Waals surface area contributed by atoms with Crippen LogP contribution in [0.4, 0.5) is 0 Å². The van der Waals surface area contributed by atoms with E-state index in [9.17, 15) is 5.11 Å². The molecule has 0 fully saturated rings. The van der Waals surface area contributed by atoms with E-state index in [1.54, 1.807) is 13.0 Å². The van der Waals surface area contributed by atoms with Gasteiger partial charge < -0.3 is 10.3 Å². The molecule has 3 heteroatoms. The van der Waals surface area contributed by atoms with Gasteiger partial charge in [-0.1, -0.05) is 11.2 Å². The molecule has 0 heterocycles. The number of rotatable bonds is 1. The molecule has 1 aromatic rings. The van der Waals surface area contributed by atoms with E-state index in [1.807, 2.05) is 19.9 Å². The monoisotopic (exact) mass is 179 g/mol. The van der Waals surface area contributed by atoms with Gasteiger partial charge in [0.15, 0.2) is 0 Å². The summed E-state index contributed by atoms with van der Waals surface area (Å²) in [6.45, 7) is 5.40. The lowest BCUT2D eigenvalue weighted by molar-refractivity contribution is 0.318. The molecule has 70 valence electrons. The average molecular weight is 179 g/mol. The Kier molecular flexibility index (Phi) is 2.56. The molecular weight excluding hydrogens is 166 g/mol. The first kappa shape index (κ1) is 9.58. The first-order valence-electron chi connectivity index (χ1n) is 4.06. The van der Waals surface area contributed by atoms with Crippen LogP contribution in [0.1, 0.15) is 23.6 Å². The highest BCUT2D eigenvalue weighted by atomic mass is 16.4. The van der Waals surface area contributed by atoms with Gasteiger partial charge in [0.25, 0.3) is 0 Å². The summed E-state index contributed by atoms with van der Waals surface area (Å²) in [7, 11) is 0. The van der Waals surface area contributed by atoms with Gasteiger partial charge in [-0.15, -0.1) is 0 Å². The molecule has 0 aliphatic rings. The number of phenolic OH excluding ortho intramolecular Hbond substituents is 1. The molecule has 0 aromatic heterocycles. The number of aryl methyl sites for hydroxylation is 1. The zero-order valence-electron chi connectivity index (χ0n) is 8.00. The van der Waals surface area contributed by atoms with Crippen molar-refractivity contribution in [2.45, 2.75) is 20.8 Å². The molecule has 0 amide bonds. The Morgan fingerprint density at radius 3 is 2.46 bits per heavy atom. The Morgan fingerprint density at radius 1 is 1.31 bits per heavy atom. The first-order chi connectivity index (χ1) is 6.07. The third-order valence-electron chi connectivity index (χ3n) is 2.24. The maximum atomic E-state index is 9.69. The highest BCUT2D eigenvalue weighted by molar-refractivity contribution is 6.01. The summed E-state index contributed by atoms with van der Waals surface area (Å²) >= 11 is 0. The van der Waals surface area contributed by atoms with Gasteiger partial charge in [0.2, 0.25) is 0 Å². The molecule has 0 unspecified atom stereocenters. The predicted octanol–water partition coefficient (Wildman–Crippen LogP) is 2.21. The SMILES string of the molecule is C/C(=N\O)c1ccc(C)c(C)c1O. The van der Waals surface area contributed by atoms with Gasteiger partial charge in [0, 0.05) is 5.56 Å². The van der Waals surface area contributed by atoms with E-state index >= 15 is 0 Å². The van der Waals surface area contributed by atoms with Crippen LogP contribution in [0.5, 0.6) is 5.75 Å². The van der Waals surface area contributed by atoms with Crippen molar-refractivity contribution in [2.75, 3.05) is 0 Å². The topological polar surface area (TPSA) is 52.8 Å². The van der Waals surface area contributed by atoms with Crippen LogP contribution in [-0.4, -0.2) is 16.0 Å². The van der Waals surface area contributed by atoms with Crippen molar-refractivity contribution in [3.05, 3.63) is 28.8 Å². The normalized spacial score (nSPS) is 11.8. The summed E-state index contributed by atoms with van der Waals surface area (Å²) < 4.78 is 0. The Hall–Kier alpha value is -1.51. The van der Waals surface area contributed by atoms with Gasteiger partial charge >= 0.3 is 0 Å². The molecule has 3 nitrogen and oxygen atoms in total. The minimum atomic E-state index is 0.190. The molecule has 0 radical (unpaired) electrons. The summed E-state index contributed by atoms with van der Waals surface area (Å²) in [5.41, 5.74) is 2.83. The van der Waals surface area contributed by atoms with Crippen molar-refractivity contribution in [2.24, 2.45) is 5.16 Å². The van der Waals surface area contributed by atoms with Crippen molar-refractivity contribution < 1.29 is 10.3 Å². The van der Waals surface area contributed by atoms with Crippen LogP contribution in [0, 0.1) is 13.8 Å². The quantitative estimate of drug-likeness (QED) is 0.394. The van der Waals surface area contributed by atoms with Crippen molar-refractivity contribution in [3.63, 3.8) is 0 Å². The van der Waals surface area contributed by atoms with Crippen LogP contribution < -0.4 is 0 Å². The number of nitrogens with zero attached hydrogens (tertiary/aromatic N) is 1. The zero-order chi connectivity index (χ0) is 10.0. The van der Waals surface area contributed by atoms with Crippen LogP contribution in [0.2, 0.25) is 0 Å². The second-order valence-electron chi connectivity index (χ2n) is 3.09. The second-order valence-corrected chi connectivity index (χ2v) is 3.09. The summed E-state index contributed by atoms with van der Waals surface area (Å²) in [6.07, 6.45) is 0. The van der Waals surface area contributed by atoms with Crippen LogP contribution in [0.3, 0.4) is 0 Å². The van der Waals surface area contributed by atoms with Gasteiger partial charge in [0.1, 0.15) is 5.75 Å². The lowest BCUT2D eigenvalue weighted by atomic mass is 10.0. The summed E-state index contributed by atoms with van der Waals surface area (Å²) in [5, 5.41) is 21.3. The molecular formula is C10H13NO2. The fraction of sp³-hybridized carbons (Fsp3) is 0.300. The van der Waals surface area contributed by atoms with E-state index < -0.39 is 0 Å². The number of hydrogen-bond acceptors (Lipinski definition) is 3. The molecule has 0 spiro atoms. The van der Waals surface area contributed by atoms with Crippen molar-refractivity contribution in [1.82, 2.24) is 0 Å². The third-order valence-corrected chi connectivity index (χ3v) is 2.24. The molecule has 0 aliphatic heterocycles. The fourth-order valence-electron chi connectivity index (χ4n) is 1.15. The van der Waals surface area contributed by atoms with Gasteiger partial charge in [-0.05, 0) is 38.0 Å². The Morgan fingerprint density at radius 2 is 1.92 bits per heavy atom. The largest absolute Gasteiger partial charge is 0.507 e. The lowest BCUT2D eigenvalue weighted by Crippen LogP contribution is -1.97. The minimum Gasteiger partial charge on any atom is -0.507 e. The second kappa shape index (κ2) is 3.47. The number of phenols is 1. The molecule has 0 saturated heterocycles. The van der Waals surface area contributed by atoms with E-state index in [1.165, 1.54) is 0 Å². The number of oxime groups is 1. The molecule has 0 atom stereocenters. The zero-order valence-corrected chi connectivity index (χ0v) is 8.00. The maximum Gasteiger partial charge on any atom is 0.127 e. The Balaban J connectivity index is 3.34. The van der Waals surface area contributed by atoms with Crippen LogP contribution in [-0.2, 0) is 0 Å². The molecule has 13 heavy (non-hydrogen) atoms. The molecule has 0 saturated carbocycles. The molecule has 1 aromatic carbocycles. The minimum absolute atomic E-state index is 0.190. The molecule has 1 rings (SSSR count). The van der Waals surface area contributed by atoms with Crippen molar-refractivity contribution in [1.29, 1.82) is 0 Å². The smallest absolute Gasteiger partial charge is 0.127 e. The third kappa shape index (κ3) is 1.64. The van der Waals surface area contributed by atoms with Crippen LogP contribution >= 0.6 is 0 Å². The summed E-state index contributed by atoms with van der Waals surface area (Å²) in [6, 6.07) is 3.63. The Bertz CT molecular complexity index is 356. The van der Waals surface area contributed by atoms with E-state index in [2.05, 4.69) is 5.16 Å². The summed E-state index contributed by atoms with van der Waals surface area (Å²) in [5.74, 6) is 0.190. The van der Waals surface area contributed by atoms with Crippen LogP contribution in [0.15, 0.2) is 17.3 Å². The summed E-state index contributed by atoms with van der Waals surface area (Å²) in [4.78, 5) is 0. The lowest BCUT2D eigenvalue weighted by Gasteiger charge is -2.07. The molecule has 0 aliphatic carbocycles. The van der Waals surface area contributed by atoms with E-state index in [0.29, 0.717) is 11.3 Å². The highest BCUT2D eigenvalue weighted by Crippen LogP contribution is 2.25. The average Bonchev–Trinajstić information content (AvgIpc) is 2.13. The van der Waals surface area contributed by atoms with Gasteiger partial charge in [0.05, 0.1) is 5.71 Å².